The number of hydrogen-bond acceptors (Lipinski definition) is 8. The molecule has 5 aromatic rings. The minimum absolute atomic E-state index is 0.0668. The van der Waals surface area contributed by atoms with Crippen molar-refractivity contribution in [1.29, 1.82) is 5.26 Å². The summed E-state index contributed by atoms with van der Waals surface area (Å²) in [5.74, 6) is 0.582. The van der Waals surface area contributed by atoms with E-state index in [9.17, 15) is 14.8 Å². The van der Waals surface area contributed by atoms with E-state index in [0.717, 1.165) is 11.8 Å². The first-order chi connectivity index (χ1) is 18.2. The van der Waals surface area contributed by atoms with Gasteiger partial charge in [-0.3, -0.25) is 4.98 Å². The van der Waals surface area contributed by atoms with Crippen LogP contribution in [0.15, 0.2) is 67.6 Å². The Kier molecular flexibility index (Phi) is 6.48. The molecule has 38 heavy (non-hydrogen) atoms. The SMILES string of the molecule is CC(Nc1ncccc1-c1cc(OCC(C)(C)O)cn2ncc(C#N)c12)c1cnccc1-n1cc(F)cn1. The van der Waals surface area contributed by atoms with E-state index in [2.05, 4.69) is 31.6 Å². The highest BCUT2D eigenvalue weighted by molar-refractivity contribution is 5.90. The molecule has 2 N–H and O–H groups in total. The predicted molar refractivity (Wildman–Crippen MR) is 138 cm³/mol. The number of aliphatic hydroxyl groups is 1. The zero-order chi connectivity index (χ0) is 26.9. The van der Waals surface area contributed by atoms with Crippen LogP contribution in [-0.2, 0) is 0 Å². The standard InChI is InChI=1S/C27H25FN8O2/c1-17(23-13-30-8-6-24(23)35-14-19(28)12-33-35)34-26-21(5-4-7-31-26)22-9-20(38-16-27(2,3)37)15-36-25(22)18(10-29)11-32-36/h4-9,11-15,17,37H,16H2,1-3H3,(H,31,34). The lowest BCUT2D eigenvalue weighted by molar-refractivity contribution is 0.0283. The molecule has 0 aromatic carbocycles. The van der Waals surface area contributed by atoms with Gasteiger partial charge in [0.05, 0.1) is 53.2 Å². The number of nitriles is 1. The van der Waals surface area contributed by atoms with Gasteiger partial charge >= 0.3 is 0 Å². The van der Waals surface area contributed by atoms with Crippen LogP contribution in [0.4, 0.5) is 10.2 Å². The maximum absolute atomic E-state index is 13.7. The molecule has 5 heterocycles. The molecule has 1 atom stereocenters. The van der Waals surface area contributed by atoms with E-state index in [0.29, 0.717) is 39.5 Å². The highest BCUT2D eigenvalue weighted by atomic mass is 19.1. The van der Waals surface area contributed by atoms with Gasteiger partial charge in [-0.2, -0.15) is 15.5 Å². The minimum Gasteiger partial charge on any atom is -0.489 e. The summed E-state index contributed by atoms with van der Waals surface area (Å²) in [6, 6.07) is 9.15. The van der Waals surface area contributed by atoms with Gasteiger partial charge in [0, 0.05) is 35.3 Å². The number of ether oxygens (including phenoxy) is 1. The molecule has 5 rings (SSSR count). The van der Waals surface area contributed by atoms with Crippen LogP contribution in [-0.4, -0.2) is 46.7 Å². The molecule has 0 amide bonds. The van der Waals surface area contributed by atoms with Crippen molar-refractivity contribution in [2.24, 2.45) is 0 Å². The monoisotopic (exact) mass is 512 g/mol. The van der Waals surface area contributed by atoms with Gasteiger partial charge in [0.15, 0.2) is 5.82 Å². The van der Waals surface area contributed by atoms with Gasteiger partial charge < -0.3 is 15.2 Å². The van der Waals surface area contributed by atoms with Crippen LogP contribution < -0.4 is 10.1 Å². The molecule has 0 aliphatic carbocycles. The number of nitrogens with one attached hydrogen (secondary N) is 1. The number of nitrogens with zero attached hydrogens (tertiary/aromatic N) is 7. The molecule has 11 heteroatoms. The topological polar surface area (TPSA) is 126 Å². The number of hydrogen-bond donors (Lipinski definition) is 2. The van der Waals surface area contributed by atoms with Crippen molar-refractivity contribution >= 4 is 11.3 Å². The van der Waals surface area contributed by atoms with Crippen LogP contribution in [0.5, 0.6) is 5.75 Å². The molecule has 0 saturated carbocycles. The fraction of sp³-hybridized carbons (Fsp3) is 0.222. The number of pyridine rings is 3. The average Bonchev–Trinajstić information content (AvgIpc) is 3.53. The van der Waals surface area contributed by atoms with E-state index in [1.165, 1.54) is 17.1 Å². The van der Waals surface area contributed by atoms with E-state index >= 15 is 0 Å². The average molecular weight is 513 g/mol. The van der Waals surface area contributed by atoms with Gasteiger partial charge in [-0.25, -0.2) is 18.6 Å². The Labute approximate surface area is 218 Å². The second-order valence-corrected chi connectivity index (χ2v) is 9.46. The van der Waals surface area contributed by atoms with Gasteiger partial charge in [0.1, 0.15) is 24.2 Å². The zero-order valence-electron chi connectivity index (χ0n) is 21.0. The second kappa shape index (κ2) is 9.91. The Morgan fingerprint density at radius 2 is 2.00 bits per heavy atom. The van der Waals surface area contributed by atoms with Gasteiger partial charge in [0.25, 0.3) is 0 Å². The lowest BCUT2D eigenvalue weighted by Gasteiger charge is -2.21. The van der Waals surface area contributed by atoms with Gasteiger partial charge in [-0.05, 0) is 45.0 Å². The summed E-state index contributed by atoms with van der Waals surface area (Å²) >= 11 is 0. The molecular weight excluding hydrogens is 487 g/mol. The smallest absolute Gasteiger partial charge is 0.161 e. The van der Waals surface area contributed by atoms with Crippen molar-refractivity contribution < 1.29 is 14.2 Å². The number of aromatic nitrogens is 6. The van der Waals surface area contributed by atoms with Crippen molar-refractivity contribution in [1.82, 2.24) is 29.4 Å². The van der Waals surface area contributed by atoms with Crippen molar-refractivity contribution in [2.75, 3.05) is 11.9 Å². The first-order valence-electron chi connectivity index (χ1n) is 11.9. The molecule has 0 bridgehead atoms. The van der Waals surface area contributed by atoms with E-state index in [1.54, 1.807) is 61.3 Å². The summed E-state index contributed by atoms with van der Waals surface area (Å²) < 4.78 is 22.6. The Hall–Kier alpha value is -4.82. The summed E-state index contributed by atoms with van der Waals surface area (Å²) in [5, 5.41) is 31.7. The zero-order valence-corrected chi connectivity index (χ0v) is 21.0. The number of anilines is 1. The van der Waals surface area contributed by atoms with Crippen molar-refractivity contribution in [3.63, 3.8) is 0 Å². The third-order valence-corrected chi connectivity index (χ3v) is 5.84. The summed E-state index contributed by atoms with van der Waals surface area (Å²) in [4.78, 5) is 8.83. The first-order valence-corrected chi connectivity index (χ1v) is 11.9. The maximum Gasteiger partial charge on any atom is 0.161 e. The van der Waals surface area contributed by atoms with E-state index in [-0.39, 0.29) is 12.6 Å². The van der Waals surface area contributed by atoms with Crippen LogP contribution in [0.3, 0.4) is 0 Å². The van der Waals surface area contributed by atoms with E-state index < -0.39 is 11.4 Å². The quantitative estimate of drug-likeness (QED) is 0.315. The Morgan fingerprint density at radius 1 is 1.16 bits per heavy atom. The number of halogens is 1. The molecule has 0 aliphatic rings. The van der Waals surface area contributed by atoms with Crippen LogP contribution in [0, 0.1) is 17.1 Å². The van der Waals surface area contributed by atoms with Crippen LogP contribution in [0.1, 0.15) is 37.9 Å². The largest absolute Gasteiger partial charge is 0.489 e. The lowest BCUT2D eigenvalue weighted by Crippen LogP contribution is -2.27. The molecule has 192 valence electrons. The molecule has 0 aliphatic heterocycles. The summed E-state index contributed by atoms with van der Waals surface area (Å²) in [7, 11) is 0. The molecule has 0 saturated heterocycles. The van der Waals surface area contributed by atoms with Crippen LogP contribution in [0.2, 0.25) is 0 Å². The normalized spacial score (nSPS) is 12.3. The Morgan fingerprint density at radius 3 is 2.74 bits per heavy atom. The second-order valence-electron chi connectivity index (χ2n) is 9.46. The molecule has 5 aromatic heterocycles. The Bertz CT molecular complexity index is 1650. The van der Waals surface area contributed by atoms with Crippen molar-refractivity contribution in [3.05, 3.63) is 84.6 Å². The minimum atomic E-state index is -1.04. The van der Waals surface area contributed by atoms with Gasteiger partial charge in [-0.1, -0.05) is 0 Å². The number of rotatable bonds is 8. The highest BCUT2D eigenvalue weighted by Gasteiger charge is 2.21. The fourth-order valence-corrected chi connectivity index (χ4v) is 4.12. The highest BCUT2D eigenvalue weighted by Crippen LogP contribution is 2.36. The van der Waals surface area contributed by atoms with E-state index in [1.807, 2.05) is 13.0 Å². The first kappa shape index (κ1) is 24.9. The predicted octanol–water partition coefficient (Wildman–Crippen LogP) is 4.31. The molecule has 0 spiro atoms. The number of fused-ring (bicyclic) bond motifs is 1. The van der Waals surface area contributed by atoms with E-state index in [4.69, 9.17) is 4.74 Å². The fourth-order valence-electron chi connectivity index (χ4n) is 4.12. The molecule has 10 nitrogen and oxygen atoms in total. The van der Waals surface area contributed by atoms with Crippen molar-refractivity contribution in [3.8, 4) is 28.6 Å². The van der Waals surface area contributed by atoms with Crippen molar-refractivity contribution in [2.45, 2.75) is 32.4 Å². The molecule has 1 unspecified atom stereocenters. The van der Waals surface area contributed by atoms with Crippen LogP contribution >= 0.6 is 0 Å². The third-order valence-electron chi connectivity index (χ3n) is 5.84. The summed E-state index contributed by atoms with van der Waals surface area (Å²) in [5.41, 5.74) is 2.80. The summed E-state index contributed by atoms with van der Waals surface area (Å²) in [6.07, 6.45) is 10.6. The van der Waals surface area contributed by atoms with Crippen LogP contribution in [0.25, 0.3) is 22.3 Å². The molecule has 0 fully saturated rings. The lowest BCUT2D eigenvalue weighted by atomic mass is 10.0. The maximum atomic E-state index is 13.7. The molecule has 0 radical (unpaired) electrons. The van der Waals surface area contributed by atoms with Gasteiger partial charge in [-0.15, -0.1) is 0 Å². The molecular formula is C27H25FN8O2. The third kappa shape index (κ3) is 5.02. The summed E-state index contributed by atoms with van der Waals surface area (Å²) in [6.45, 7) is 5.32. The van der Waals surface area contributed by atoms with Gasteiger partial charge in [0.2, 0.25) is 0 Å². The Balaban J connectivity index is 1.57.